The number of urea groups is 1. The predicted octanol–water partition coefficient (Wildman–Crippen LogP) is 4.24. The number of unbranched alkanes of at least 4 members (excludes halogenated alkanes) is 9. The van der Waals surface area contributed by atoms with Gasteiger partial charge in [-0.05, 0) is 25.7 Å². The Balaban J connectivity index is 2.54. The highest BCUT2D eigenvalue weighted by atomic mass is 16.2. The smallest absolute Gasteiger partial charge is 0.315 e. The van der Waals surface area contributed by atoms with E-state index in [-0.39, 0.29) is 23.8 Å². The maximum atomic E-state index is 13.2. The molecule has 0 aromatic heterocycles. The summed E-state index contributed by atoms with van der Waals surface area (Å²) in [6.07, 6.45) is 19.8. The normalized spacial score (nSPS) is 21.2. The van der Waals surface area contributed by atoms with Crippen LogP contribution in [-0.2, 0) is 14.4 Å². The van der Waals surface area contributed by atoms with Gasteiger partial charge in [-0.1, -0.05) is 103 Å². The van der Waals surface area contributed by atoms with E-state index in [1.54, 1.807) is 25.2 Å². The Labute approximate surface area is 235 Å². The molecule has 0 aromatic carbocycles. The Morgan fingerprint density at radius 3 is 2.26 bits per heavy atom. The molecule has 5 N–H and O–H groups in total. The zero-order valence-electron chi connectivity index (χ0n) is 24.7. The first-order valence-corrected chi connectivity index (χ1v) is 15.1. The molecule has 1 rings (SSSR count). The van der Waals surface area contributed by atoms with Gasteiger partial charge in [-0.15, -0.1) is 0 Å². The number of carbonyl (C=O) groups excluding carboxylic acids is 4. The van der Waals surface area contributed by atoms with Crippen molar-refractivity contribution in [1.82, 2.24) is 26.6 Å². The molecule has 1 heterocycles. The summed E-state index contributed by atoms with van der Waals surface area (Å²) in [6.45, 7) is 8.83. The molecular weight excluding hydrogens is 494 g/mol. The van der Waals surface area contributed by atoms with Crippen LogP contribution in [0.2, 0.25) is 0 Å². The molecule has 0 spiro atoms. The third kappa shape index (κ3) is 16.0. The van der Waals surface area contributed by atoms with Gasteiger partial charge < -0.3 is 26.6 Å². The summed E-state index contributed by atoms with van der Waals surface area (Å²) in [7, 11) is 0. The Morgan fingerprint density at radius 1 is 0.974 bits per heavy atom. The second-order valence-electron chi connectivity index (χ2n) is 10.6. The van der Waals surface area contributed by atoms with Crippen LogP contribution in [0.5, 0.6) is 0 Å². The van der Waals surface area contributed by atoms with Crippen LogP contribution in [0.1, 0.15) is 105 Å². The fourth-order valence-electron chi connectivity index (χ4n) is 4.32. The lowest BCUT2D eigenvalue weighted by atomic mass is 9.98. The topological polar surface area (TPSA) is 128 Å². The monoisotopic (exact) mass is 547 g/mol. The van der Waals surface area contributed by atoms with Gasteiger partial charge in [0.2, 0.25) is 17.7 Å². The molecular formula is C30H53N5O4. The Kier molecular flexibility index (Phi) is 18.4. The highest BCUT2D eigenvalue weighted by Crippen LogP contribution is 2.11. The van der Waals surface area contributed by atoms with Gasteiger partial charge in [0, 0.05) is 25.2 Å². The van der Waals surface area contributed by atoms with E-state index in [4.69, 9.17) is 0 Å². The van der Waals surface area contributed by atoms with Gasteiger partial charge in [0.1, 0.15) is 12.1 Å². The Bertz CT molecular complexity index is 798. The first-order valence-electron chi connectivity index (χ1n) is 15.1. The second kappa shape index (κ2) is 21.0. The molecule has 5 amide bonds. The number of nitrogens with one attached hydrogen (secondary N) is 5. The number of hydrogen-bond acceptors (Lipinski definition) is 4. The quantitative estimate of drug-likeness (QED) is 0.146. The molecule has 4 atom stereocenters. The van der Waals surface area contributed by atoms with E-state index in [0.29, 0.717) is 25.9 Å². The minimum Gasteiger partial charge on any atom is -0.352 e. The highest BCUT2D eigenvalue weighted by molar-refractivity contribution is 5.93. The van der Waals surface area contributed by atoms with E-state index in [0.717, 1.165) is 12.8 Å². The third-order valence-electron chi connectivity index (χ3n) is 7.02. The molecule has 0 saturated heterocycles. The van der Waals surface area contributed by atoms with Crippen LogP contribution in [0.15, 0.2) is 24.3 Å². The fourth-order valence-corrected chi connectivity index (χ4v) is 4.32. The average molecular weight is 548 g/mol. The molecule has 1 aliphatic heterocycles. The second-order valence-corrected chi connectivity index (χ2v) is 10.6. The van der Waals surface area contributed by atoms with E-state index >= 15 is 0 Å². The molecule has 1 aliphatic rings. The van der Waals surface area contributed by atoms with Gasteiger partial charge in [-0.3, -0.25) is 14.4 Å². The zero-order chi connectivity index (χ0) is 28.9. The summed E-state index contributed by atoms with van der Waals surface area (Å²) in [6, 6.07) is -2.44. The van der Waals surface area contributed by atoms with E-state index < -0.39 is 24.0 Å². The average Bonchev–Trinajstić information content (AvgIpc) is 2.91. The Morgan fingerprint density at radius 2 is 1.62 bits per heavy atom. The first-order chi connectivity index (χ1) is 18.8. The molecule has 0 saturated carbocycles. The van der Waals surface area contributed by atoms with Crippen LogP contribution in [-0.4, -0.2) is 55.0 Å². The predicted molar refractivity (Wildman–Crippen MR) is 157 cm³/mol. The minimum absolute atomic E-state index is 0.122. The van der Waals surface area contributed by atoms with Crippen molar-refractivity contribution in [2.24, 2.45) is 5.92 Å². The minimum atomic E-state index is -0.897. The number of hydrogen-bond donors (Lipinski definition) is 5. The first kappa shape index (κ1) is 34.2. The van der Waals surface area contributed by atoms with Crippen molar-refractivity contribution in [3.63, 3.8) is 0 Å². The van der Waals surface area contributed by atoms with E-state index in [9.17, 15) is 19.2 Å². The van der Waals surface area contributed by atoms with Crippen molar-refractivity contribution in [2.75, 3.05) is 13.1 Å². The maximum absolute atomic E-state index is 13.2. The fraction of sp³-hybridized carbons (Fsp3) is 0.733. The molecule has 9 nitrogen and oxygen atoms in total. The molecule has 39 heavy (non-hydrogen) atoms. The standard InChI is InChI=1S/C30H53N5O4/c1-5-7-8-9-10-11-12-13-14-16-22-32-30(39)35-27(23(3)6-2)29(38)34-25-18-15-17-21-31-26(36)20-19-24(4)33-28(25)37/h15,18-20,23-25,27H,5-14,16-17,21-22H2,1-4H3,(H,31,36)(H,33,37)(H,34,38)(H2,32,35,39)/b18-15+,20-19+/t23?,24-,25-,27?/m0/s1. The summed E-state index contributed by atoms with van der Waals surface area (Å²) in [5.41, 5.74) is 0. The van der Waals surface area contributed by atoms with Crippen molar-refractivity contribution in [3.05, 3.63) is 24.3 Å². The molecule has 0 aliphatic carbocycles. The molecule has 0 aromatic rings. The Hall–Kier alpha value is -2.84. The van der Waals surface area contributed by atoms with E-state index in [1.807, 2.05) is 13.8 Å². The zero-order valence-corrected chi connectivity index (χ0v) is 24.7. The van der Waals surface area contributed by atoms with Crippen molar-refractivity contribution >= 4 is 23.8 Å². The SMILES string of the molecule is CCCCCCCCCCCCNC(=O)NC(C(=O)N[C@H]1/C=C/CCNC(=O)/C=C/[C@H](C)NC1=O)C(C)CC. The van der Waals surface area contributed by atoms with Gasteiger partial charge in [0.25, 0.3) is 0 Å². The van der Waals surface area contributed by atoms with Crippen LogP contribution in [0.3, 0.4) is 0 Å². The lowest BCUT2D eigenvalue weighted by Gasteiger charge is -2.26. The maximum Gasteiger partial charge on any atom is 0.315 e. The van der Waals surface area contributed by atoms with Crippen LogP contribution < -0.4 is 26.6 Å². The van der Waals surface area contributed by atoms with Gasteiger partial charge >= 0.3 is 6.03 Å². The van der Waals surface area contributed by atoms with Crippen LogP contribution in [0.4, 0.5) is 4.79 Å². The summed E-state index contributed by atoms with van der Waals surface area (Å²) in [4.78, 5) is 50.4. The van der Waals surface area contributed by atoms with Gasteiger partial charge in [-0.2, -0.15) is 0 Å². The molecule has 0 fully saturated rings. The molecule has 222 valence electrons. The van der Waals surface area contributed by atoms with Crippen molar-refractivity contribution in [2.45, 2.75) is 123 Å². The van der Waals surface area contributed by atoms with Gasteiger partial charge in [-0.25, -0.2) is 4.79 Å². The highest BCUT2D eigenvalue weighted by Gasteiger charge is 2.29. The van der Waals surface area contributed by atoms with Crippen molar-refractivity contribution in [1.29, 1.82) is 0 Å². The van der Waals surface area contributed by atoms with Crippen molar-refractivity contribution in [3.8, 4) is 0 Å². The molecule has 0 radical (unpaired) electrons. The van der Waals surface area contributed by atoms with Gasteiger partial charge in [0.15, 0.2) is 0 Å². The summed E-state index contributed by atoms with van der Waals surface area (Å²) in [5, 5.41) is 14.0. The number of amides is 5. The molecule has 0 bridgehead atoms. The summed E-state index contributed by atoms with van der Waals surface area (Å²) in [5.74, 6) is -1.13. The molecule has 2 unspecified atom stereocenters. The largest absolute Gasteiger partial charge is 0.352 e. The lowest BCUT2D eigenvalue weighted by Crippen LogP contribution is -2.57. The van der Waals surface area contributed by atoms with Crippen molar-refractivity contribution < 1.29 is 19.2 Å². The van der Waals surface area contributed by atoms with E-state index in [2.05, 4.69) is 33.5 Å². The van der Waals surface area contributed by atoms with Crippen LogP contribution >= 0.6 is 0 Å². The lowest BCUT2D eigenvalue weighted by molar-refractivity contribution is -0.129. The van der Waals surface area contributed by atoms with Crippen LogP contribution in [0.25, 0.3) is 0 Å². The number of rotatable bonds is 16. The number of carbonyl (C=O) groups is 4. The van der Waals surface area contributed by atoms with Gasteiger partial charge in [0.05, 0.1) is 0 Å². The third-order valence-corrected chi connectivity index (χ3v) is 7.02. The summed E-state index contributed by atoms with van der Waals surface area (Å²) >= 11 is 0. The van der Waals surface area contributed by atoms with Crippen LogP contribution in [0, 0.1) is 5.92 Å². The van der Waals surface area contributed by atoms with E-state index in [1.165, 1.54) is 57.4 Å². The summed E-state index contributed by atoms with van der Waals surface area (Å²) < 4.78 is 0. The molecule has 9 heteroatoms.